The number of aromatic amines is 1. The van der Waals surface area contributed by atoms with Crippen LogP contribution in [0.5, 0.6) is 0 Å². The van der Waals surface area contributed by atoms with Gasteiger partial charge in [0.25, 0.3) is 0 Å². The molecule has 5 aromatic rings. The van der Waals surface area contributed by atoms with Gasteiger partial charge in [-0.15, -0.1) is 11.3 Å². The average molecular weight is 1760 g/mol. The average Bonchev–Trinajstić information content (AvgIpc) is 1.63. The number of imidazole rings is 1. The van der Waals surface area contributed by atoms with E-state index >= 15 is 0 Å². The Bertz CT molecular complexity index is 4570. The number of H-pyrrole nitrogens is 1. The number of guanidine groups is 2. The van der Waals surface area contributed by atoms with Crippen LogP contribution in [0.25, 0.3) is 10.1 Å². The van der Waals surface area contributed by atoms with E-state index in [1.165, 1.54) is 47.5 Å². The zero-order chi connectivity index (χ0) is 90.0. The van der Waals surface area contributed by atoms with Crippen molar-refractivity contribution >= 4 is 116 Å². The quantitative estimate of drug-likeness (QED) is 0.0212. The third-order valence-corrected chi connectivity index (χ3v) is 25.0. The van der Waals surface area contributed by atoms with Crippen molar-refractivity contribution < 1.29 is 67.1 Å². The lowest BCUT2D eigenvalue weighted by molar-refractivity contribution is -0.143. The first-order valence-electron chi connectivity index (χ1n) is 44.5. The van der Waals surface area contributed by atoms with Crippen LogP contribution in [-0.4, -0.2) is 226 Å². The van der Waals surface area contributed by atoms with Crippen LogP contribution in [0.15, 0.2) is 113 Å². The molecule has 6 fully saturated rings. The molecule has 21 N–H and O–H groups in total. The molecule has 36 nitrogen and oxygen atoms in total. The predicted molar refractivity (Wildman–Crippen MR) is 475 cm³/mol. The van der Waals surface area contributed by atoms with Crippen LogP contribution in [0.2, 0.25) is 0 Å². The standard InChI is InChI=1S/C47H64N10O7S.C42H62N12O7/c1-29(58)52-36(25-30-13-4-2-5-14-30)42(60)54-35-19-11-22-50-41(59)34(18-10-23-51-47(48)49)53-44(62)38(27-32-28-65-40-21-9-8-17-33(32)40)55-43(61)37(26-31-15-6-3-7-16-31)56-45(63)39-20-12-24-57(39)46(35)64;1-26(55)49-32(21-27-11-4-2-5-12-27)37(57)51-31-16-9-18-46-36(56)30(15-8-19-47-42(43)44)50-39(59)34(23-29-24-45-25-48-29)52-38(58)33(22-28-13-6-3-7-14-28)53-40(60)35-17-10-20-54(35)41(31)61/h2,4-5,8-9,13-14,17,21,28,31,34-39H,3,6-7,10-12,15-16,18-20,22-27H2,1H3,(H,50,59)(H,52,58)(H,53,62)(H,54,60)(H,55,61)(H,56,63)(H4,48,49,51);2,4-5,11-12,24-25,28,30-35H,3,6-10,13-23H2,1H3,(H,45,48)(H,46,56)(H,49,55)(H,50,59)(H,51,57)(H,52,58)(H,53,60)(H4,43,44,47)/t34-,35-,36-,37+,38-,39-;30-,31-,32-,33+,34-,35-/m00/s1. The lowest BCUT2D eigenvalue weighted by atomic mass is 9.84. The van der Waals surface area contributed by atoms with Crippen LogP contribution in [0.3, 0.4) is 0 Å². The highest BCUT2D eigenvalue weighted by molar-refractivity contribution is 7.17. The van der Waals surface area contributed by atoms with Crippen molar-refractivity contribution in [2.45, 2.75) is 266 Å². The molecule has 0 bridgehead atoms. The van der Waals surface area contributed by atoms with Gasteiger partial charge < -0.3 is 102 Å². The number of hydrogen-bond acceptors (Lipinski definition) is 18. The van der Waals surface area contributed by atoms with Gasteiger partial charge in [-0.05, 0) is 135 Å². The number of hydrogen-bond donors (Lipinski definition) is 17. The molecule has 3 aromatic carbocycles. The molecular formula is C89H126N22O14S. The minimum Gasteiger partial charge on any atom is -0.370 e. The molecule has 0 spiro atoms. The number of nitrogens with one attached hydrogen (secondary N) is 13. The van der Waals surface area contributed by atoms with E-state index in [1.54, 1.807) is 0 Å². The number of nitrogens with zero attached hydrogens (tertiary/aromatic N) is 5. The first-order valence-corrected chi connectivity index (χ1v) is 45.4. The third kappa shape index (κ3) is 29.8. The molecule has 4 saturated heterocycles. The van der Waals surface area contributed by atoms with Crippen molar-refractivity contribution in [3.63, 3.8) is 0 Å². The Kier molecular flexibility index (Phi) is 37.4. The minimum absolute atomic E-state index is 0.0240. The van der Waals surface area contributed by atoms with Crippen LogP contribution < -0.4 is 86.7 Å². The normalized spacial score (nSPS) is 23.8. The monoisotopic (exact) mass is 1760 g/mol. The van der Waals surface area contributed by atoms with E-state index in [-0.39, 0.29) is 127 Å². The largest absolute Gasteiger partial charge is 0.370 e. The summed E-state index contributed by atoms with van der Waals surface area (Å²) in [6.45, 7) is 3.66. The fourth-order valence-corrected chi connectivity index (χ4v) is 18.5. The lowest BCUT2D eigenvalue weighted by Crippen LogP contribution is -2.60. The van der Waals surface area contributed by atoms with Crippen molar-refractivity contribution in [1.29, 1.82) is 0 Å². The topological polar surface area (TPSA) is 547 Å². The Morgan fingerprint density at radius 1 is 0.468 bits per heavy atom. The third-order valence-electron chi connectivity index (χ3n) is 24.0. The van der Waals surface area contributed by atoms with Crippen molar-refractivity contribution in [1.82, 2.24) is 83.6 Å². The van der Waals surface area contributed by atoms with E-state index in [4.69, 9.17) is 22.9 Å². The predicted octanol–water partition coefficient (Wildman–Crippen LogP) is 1.62. The summed E-state index contributed by atoms with van der Waals surface area (Å²) in [7, 11) is 0. The molecule has 37 heteroatoms. The van der Waals surface area contributed by atoms with Crippen LogP contribution in [0.1, 0.15) is 190 Å². The van der Waals surface area contributed by atoms with Gasteiger partial charge in [0.05, 0.1) is 6.33 Å². The number of carbonyl (C=O) groups excluding carboxylic acids is 14. The Labute approximate surface area is 738 Å². The van der Waals surface area contributed by atoms with E-state index in [2.05, 4.69) is 83.8 Å². The van der Waals surface area contributed by atoms with Crippen LogP contribution >= 0.6 is 11.3 Å². The van der Waals surface area contributed by atoms with Gasteiger partial charge >= 0.3 is 0 Å². The fraction of sp³-hybridized carbons (Fsp3) is 0.562. The van der Waals surface area contributed by atoms with Gasteiger partial charge in [0, 0.05) is 95.4 Å². The summed E-state index contributed by atoms with van der Waals surface area (Å²) < 4.78 is 1.02. The number of nitrogens with two attached hydrogens (primary N) is 4. The van der Waals surface area contributed by atoms with E-state index in [0.29, 0.717) is 57.1 Å². The van der Waals surface area contributed by atoms with Crippen LogP contribution in [0.4, 0.5) is 0 Å². The molecule has 682 valence electrons. The molecule has 2 aromatic heterocycles. The maximum absolute atomic E-state index is 14.6. The van der Waals surface area contributed by atoms with Crippen LogP contribution in [0, 0.1) is 11.8 Å². The van der Waals surface area contributed by atoms with Crippen molar-refractivity contribution in [2.75, 3.05) is 39.3 Å². The Morgan fingerprint density at radius 3 is 1.31 bits per heavy atom. The molecule has 4 aliphatic heterocycles. The number of thiophene rings is 1. The van der Waals surface area contributed by atoms with E-state index in [0.717, 1.165) is 91.0 Å². The number of benzene rings is 3. The molecule has 14 amide bonds. The molecular weight excluding hydrogens is 1630 g/mol. The molecule has 6 aliphatic rings. The molecule has 2 aliphatic carbocycles. The highest BCUT2D eigenvalue weighted by atomic mass is 32.1. The van der Waals surface area contributed by atoms with Gasteiger partial charge in [-0.1, -0.05) is 143 Å². The minimum atomic E-state index is -1.15. The Hall–Kier alpha value is -12.1. The summed E-state index contributed by atoms with van der Waals surface area (Å²) in [5.74, 6) is -7.19. The lowest BCUT2D eigenvalue weighted by Gasteiger charge is -2.32. The summed E-state index contributed by atoms with van der Waals surface area (Å²) in [6, 6.07) is 13.6. The van der Waals surface area contributed by atoms with E-state index < -0.39 is 155 Å². The number of aromatic nitrogens is 2. The first kappa shape index (κ1) is 96.2. The summed E-state index contributed by atoms with van der Waals surface area (Å²) in [4.78, 5) is 213. The van der Waals surface area contributed by atoms with Gasteiger partial charge in [-0.3, -0.25) is 77.1 Å². The fourth-order valence-electron chi connectivity index (χ4n) is 17.5. The smallest absolute Gasteiger partial charge is 0.245 e. The summed E-state index contributed by atoms with van der Waals surface area (Å²) in [5, 5.41) is 37.3. The van der Waals surface area contributed by atoms with Gasteiger partial charge in [0.15, 0.2) is 11.9 Å². The molecule has 126 heavy (non-hydrogen) atoms. The second-order valence-electron chi connectivity index (χ2n) is 33.7. The van der Waals surface area contributed by atoms with Gasteiger partial charge in [-0.2, -0.15) is 0 Å². The number of rotatable bonds is 26. The van der Waals surface area contributed by atoms with Gasteiger partial charge in [-0.25, -0.2) is 4.98 Å². The van der Waals surface area contributed by atoms with Crippen LogP contribution in [-0.2, 0) is 92.8 Å². The molecule has 0 unspecified atom stereocenters. The maximum atomic E-state index is 14.6. The maximum Gasteiger partial charge on any atom is 0.245 e. The first-order chi connectivity index (χ1) is 60.7. The zero-order valence-corrected chi connectivity index (χ0v) is 72.9. The van der Waals surface area contributed by atoms with Crippen molar-refractivity contribution in [3.05, 3.63) is 125 Å². The number of amides is 14. The molecule has 6 heterocycles. The van der Waals surface area contributed by atoms with Gasteiger partial charge in [0.2, 0.25) is 82.7 Å². The van der Waals surface area contributed by atoms with Crippen molar-refractivity contribution in [3.8, 4) is 0 Å². The molecule has 12 atom stereocenters. The van der Waals surface area contributed by atoms with E-state index in [1.807, 2.05) is 90.3 Å². The van der Waals surface area contributed by atoms with Gasteiger partial charge in [0.1, 0.15) is 72.5 Å². The number of carbonyl (C=O) groups is 14. The Morgan fingerprint density at radius 2 is 0.881 bits per heavy atom. The summed E-state index contributed by atoms with van der Waals surface area (Å²) in [5.41, 5.74) is 25.1. The highest BCUT2D eigenvalue weighted by Crippen LogP contribution is 2.32. The number of aliphatic imine (C=N–C) groups is 2. The second kappa shape index (κ2) is 49.0. The number of fused-ring (bicyclic) bond motifs is 3. The van der Waals surface area contributed by atoms with Crippen molar-refractivity contribution in [2.24, 2.45) is 44.8 Å². The zero-order valence-electron chi connectivity index (χ0n) is 72.1. The SMILES string of the molecule is CC(=O)N[C@@H](Cc1ccccc1)C(=O)N[C@H]1CCCNC(=O)[C@H](CCCN=C(N)N)NC(=O)[C@H](Cc2cnc[nH]2)NC(=O)[C@@H](CC2CCCCC2)NC(=O)[C@@H]2CCCN2C1=O.CC(=O)N[C@@H](Cc1ccccc1)C(=O)N[C@H]1CCCNC(=O)[C@H](CCCN=C(N)N)NC(=O)[C@H](Cc2csc3ccccc23)NC(=O)[C@@H](CC2CCCCC2)NC(=O)[C@@H]2CCCN2C1=O. The Balaban J connectivity index is 0.000000264. The second-order valence-corrected chi connectivity index (χ2v) is 34.7. The van der Waals surface area contributed by atoms with E-state index in [9.17, 15) is 67.1 Å². The summed E-state index contributed by atoms with van der Waals surface area (Å²) >= 11 is 1.53. The molecule has 2 saturated carbocycles. The molecule has 0 radical (unpaired) electrons. The highest BCUT2D eigenvalue weighted by Gasteiger charge is 2.44. The summed E-state index contributed by atoms with van der Waals surface area (Å²) in [6.07, 6.45) is 17.2. The molecule has 11 rings (SSSR count).